The second-order valence-corrected chi connectivity index (χ2v) is 7.36. The third-order valence-corrected chi connectivity index (χ3v) is 4.37. The standard InChI is InChI=1S/C16H24N2O2S.C2H6/c1-16(2,3)20-15(19)18-11-9-14(10-12-18)21-17-13-7-5-4-6-8-13;1-2/h4-8,14,17H,9-12H2,1-3H3;1-2H3. The van der Waals surface area contributed by atoms with Gasteiger partial charge in [0.15, 0.2) is 0 Å². The second kappa shape index (κ2) is 9.71. The minimum Gasteiger partial charge on any atom is -0.444 e. The van der Waals surface area contributed by atoms with Gasteiger partial charge in [-0.1, -0.05) is 32.0 Å². The molecule has 0 spiro atoms. The number of nitrogens with zero attached hydrogens (tertiary/aromatic N) is 1. The molecule has 0 radical (unpaired) electrons. The number of likely N-dealkylation sites (tertiary alicyclic amines) is 1. The predicted molar refractivity (Wildman–Crippen MR) is 99.8 cm³/mol. The van der Waals surface area contributed by atoms with Gasteiger partial charge in [-0.05, 0) is 57.7 Å². The predicted octanol–water partition coefficient (Wildman–Crippen LogP) is 5.17. The molecule has 1 aromatic rings. The summed E-state index contributed by atoms with van der Waals surface area (Å²) < 4.78 is 8.78. The molecule has 0 saturated carbocycles. The molecule has 23 heavy (non-hydrogen) atoms. The van der Waals surface area contributed by atoms with Crippen LogP contribution in [-0.2, 0) is 4.74 Å². The van der Waals surface area contributed by atoms with E-state index in [0.717, 1.165) is 31.6 Å². The van der Waals surface area contributed by atoms with Crippen LogP contribution >= 0.6 is 11.9 Å². The van der Waals surface area contributed by atoms with Crippen molar-refractivity contribution in [2.75, 3.05) is 17.8 Å². The number of piperidine rings is 1. The minimum atomic E-state index is -0.419. The van der Waals surface area contributed by atoms with Crippen molar-refractivity contribution in [2.24, 2.45) is 0 Å². The van der Waals surface area contributed by atoms with Crippen LogP contribution in [0.5, 0.6) is 0 Å². The third kappa shape index (κ3) is 7.64. The number of amides is 1. The van der Waals surface area contributed by atoms with Crippen LogP contribution < -0.4 is 4.72 Å². The van der Waals surface area contributed by atoms with Gasteiger partial charge in [-0.15, -0.1) is 0 Å². The van der Waals surface area contributed by atoms with Crippen LogP contribution in [0, 0.1) is 0 Å². The highest BCUT2D eigenvalue weighted by atomic mass is 32.2. The Morgan fingerprint density at radius 2 is 1.74 bits per heavy atom. The fourth-order valence-electron chi connectivity index (χ4n) is 2.14. The molecule has 1 N–H and O–H groups in total. The number of ether oxygens (including phenoxy) is 1. The summed E-state index contributed by atoms with van der Waals surface area (Å²) in [5.74, 6) is 0. The number of rotatable bonds is 3. The maximum atomic E-state index is 12.0. The van der Waals surface area contributed by atoms with Crippen LogP contribution in [0.25, 0.3) is 0 Å². The molecule has 1 amide bonds. The molecule has 2 rings (SSSR count). The van der Waals surface area contributed by atoms with E-state index in [2.05, 4.69) is 16.9 Å². The van der Waals surface area contributed by atoms with Crippen molar-refractivity contribution in [3.63, 3.8) is 0 Å². The van der Waals surface area contributed by atoms with Crippen molar-refractivity contribution in [3.8, 4) is 0 Å². The first-order valence-corrected chi connectivity index (χ1v) is 9.27. The van der Waals surface area contributed by atoms with Gasteiger partial charge >= 0.3 is 6.09 Å². The molecule has 4 nitrogen and oxygen atoms in total. The van der Waals surface area contributed by atoms with Gasteiger partial charge in [0.2, 0.25) is 0 Å². The summed E-state index contributed by atoms with van der Waals surface area (Å²) in [6.45, 7) is 11.2. The van der Waals surface area contributed by atoms with Crippen molar-refractivity contribution in [2.45, 2.75) is 58.3 Å². The van der Waals surface area contributed by atoms with Crippen molar-refractivity contribution >= 4 is 23.7 Å². The molecule has 0 atom stereocenters. The monoisotopic (exact) mass is 338 g/mol. The molecule has 1 fully saturated rings. The Balaban J connectivity index is 0.00000127. The molecular formula is C18H30N2O2S. The number of para-hydroxylation sites is 1. The van der Waals surface area contributed by atoms with E-state index in [1.165, 1.54) is 0 Å². The summed E-state index contributed by atoms with van der Waals surface area (Å²) in [6, 6.07) is 10.2. The molecule has 0 aromatic heterocycles. The molecule has 1 aromatic carbocycles. The van der Waals surface area contributed by atoms with Gasteiger partial charge in [0.1, 0.15) is 5.60 Å². The zero-order valence-electron chi connectivity index (χ0n) is 15.0. The molecule has 1 aliphatic rings. The van der Waals surface area contributed by atoms with E-state index in [9.17, 15) is 4.79 Å². The molecule has 5 heteroatoms. The zero-order valence-corrected chi connectivity index (χ0v) is 15.8. The van der Waals surface area contributed by atoms with E-state index in [0.29, 0.717) is 5.25 Å². The quantitative estimate of drug-likeness (QED) is 0.772. The van der Waals surface area contributed by atoms with Crippen LogP contribution in [0.15, 0.2) is 30.3 Å². The molecule has 0 aliphatic carbocycles. The number of carbonyl (C=O) groups excluding carboxylic acids is 1. The summed E-state index contributed by atoms with van der Waals surface area (Å²) >= 11 is 1.75. The zero-order chi connectivity index (χ0) is 17.3. The van der Waals surface area contributed by atoms with E-state index < -0.39 is 5.60 Å². The summed E-state index contributed by atoms with van der Waals surface area (Å²) in [5.41, 5.74) is 0.703. The Morgan fingerprint density at radius 1 is 1.17 bits per heavy atom. The van der Waals surface area contributed by atoms with Crippen molar-refractivity contribution in [1.82, 2.24) is 4.90 Å². The number of hydrogen-bond donors (Lipinski definition) is 1. The topological polar surface area (TPSA) is 41.6 Å². The van der Waals surface area contributed by atoms with Crippen LogP contribution in [0.2, 0.25) is 0 Å². The average molecular weight is 339 g/mol. The van der Waals surface area contributed by atoms with E-state index in [-0.39, 0.29) is 6.09 Å². The molecule has 1 saturated heterocycles. The Bertz CT molecular complexity index is 452. The Kier molecular flexibility index (Phi) is 8.31. The lowest BCUT2D eigenvalue weighted by atomic mass is 10.1. The fourth-order valence-corrected chi connectivity index (χ4v) is 3.03. The summed E-state index contributed by atoms with van der Waals surface area (Å²) in [6.07, 6.45) is 1.79. The average Bonchev–Trinajstić information content (AvgIpc) is 2.55. The van der Waals surface area contributed by atoms with Gasteiger partial charge in [0.05, 0.1) is 0 Å². The van der Waals surface area contributed by atoms with Crippen LogP contribution in [0.1, 0.15) is 47.5 Å². The maximum absolute atomic E-state index is 12.0. The molecule has 0 bridgehead atoms. The Labute approximate surface area is 145 Å². The smallest absolute Gasteiger partial charge is 0.410 e. The first-order chi connectivity index (χ1) is 10.9. The molecule has 1 aliphatic heterocycles. The minimum absolute atomic E-state index is 0.193. The van der Waals surface area contributed by atoms with Gasteiger partial charge in [-0.25, -0.2) is 4.79 Å². The molecule has 130 valence electrons. The largest absolute Gasteiger partial charge is 0.444 e. The Morgan fingerprint density at radius 3 is 2.26 bits per heavy atom. The van der Waals surface area contributed by atoms with Gasteiger partial charge in [0, 0.05) is 24.0 Å². The van der Waals surface area contributed by atoms with Crippen LogP contribution in [0.3, 0.4) is 0 Å². The summed E-state index contributed by atoms with van der Waals surface area (Å²) in [7, 11) is 0. The van der Waals surface area contributed by atoms with E-state index in [1.54, 1.807) is 11.9 Å². The van der Waals surface area contributed by atoms with E-state index in [1.807, 2.05) is 57.7 Å². The molecule has 1 heterocycles. The highest BCUT2D eigenvalue weighted by molar-refractivity contribution is 8.01. The summed E-state index contributed by atoms with van der Waals surface area (Å²) in [4.78, 5) is 13.8. The molecule has 0 unspecified atom stereocenters. The van der Waals surface area contributed by atoms with Gasteiger partial charge in [0.25, 0.3) is 0 Å². The van der Waals surface area contributed by atoms with Gasteiger partial charge < -0.3 is 14.4 Å². The van der Waals surface area contributed by atoms with Crippen LogP contribution in [-0.4, -0.2) is 34.9 Å². The molecular weight excluding hydrogens is 308 g/mol. The lowest BCUT2D eigenvalue weighted by Crippen LogP contribution is -2.42. The SMILES string of the molecule is CC.CC(C)(C)OC(=O)N1CCC(SNc2ccccc2)CC1. The first kappa shape index (κ1) is 19.7. The normalized spacial score (nSPS) is 15.4. The van der Waals surface area contributed by atoms with E-state index >= 15 is 0 Å². The highest BCUT2D eigenvalue weighted by Gasteiger charge is 2.27. The van der Waals surface area contributed by atoms with E-state index in [4.69, 9.17) is 4.74 Å². The van der Waals surface area contributed by atoms with Gasteiger partial charge in [-0.3, -0.25) is 0 Å². The van der Waals surface area contributed by atoms with Crippen molar-refractivity contribution < 1.29 is 9.53 Å². The fraction of sp³-hybridized carbons (Fsp3) is 0.611. The summed E-state index contributed by atoms with van der Waals surface area (Å²) in [5, 5.41) is 0.531. The number of carbonyl (C=O) groups is 1. The lowest BCUT2D eigenvalue weighted by Gasteiger charge is -2.33. The Hall–Kier alpha value is -1.36. The number of hydrogen-bond acceptors (Lipinski definition) is 4. The van der Waals surface area contributed by atoms with Crippen molar-refractivity contribution in [1.29, 1.82) is 0 Å². The number of benzene rings is 1. The maximum Gasteiger partial charge on any atom is 0.410 e. The van der Waals surface area contributed by atoms with Crippen molar-refractivity contribution in [3.05, 3.63) is 30.3 Å². The lowest BCUT2D eigenvalue weighted by molar-refractivity contribution is 0.0219. The number of anilines is 1. The second-order valence-electron chi connectivity index (χ2n) is 6.25. The number of nitrogens with one attached hydrogen (secondary N) is 1. The highest BCUT2D eigenvalue weighted by Crippen LogP contribution is 2.25. The third-order valence-electron chi connectivity index (χ3n) is 3.21. The first-order valence-electron chi connectivity index (χ1n) is 8.39. The van der Waals surface area contributed by atoms with Crippen LogP contribution in [0.4, 0.5) is 10.5 Å². The van der Waals surface area contributed by atoms with Gasteiger partial charge in [-0.2, -0.15) is 0 Å².